The van der Waals surface area contributed by atoms with Crippen molar-refractivity contribution in [3.8, 4) is 0 Å². The number of rotatable bonds is 2. The molecule has 0 atom stereocenters. The van der Waals surface area contributed by atoms with Gasteiger partial charge in [0.15, 0.2) is 0 Å². The zero-order valence-electron chi connectivity index (χ0n) is 6.47. The van der Waals surface area contributed by atoms with Crippen LogP contribution in [0.5, 0.6) is 0 Å². The monoisotopic (exact) mass is 149 g/mol. The third-order valence-electron chi connectivity index (χ3n) is 1.40. The van der Waals surface area contributed by atoms with Crippen molar-refractivity contribution in [2.24, 2.45) is 0 Å². The molecular weight excluding hydrogens is 139 g/mol. The summed E-state index contributed by atoms with van der Waals surface area (Å²) in [7, 11) is 0. The molecule has 0 unspecified atom stereocenters. The molecule has 0 heterocycles. The molecule has 0 aromatic heterocycles. The number of hydrogen-bond donors (Lipinski definition) is 0. The first-order valence-electron chi connectivity index (χ1n) is 3.51. The first-order valence-corrected chi connectivity index (χ1v) is 3.51. The maximum Gasteiger partial charge on any atom is 0.123 e. The Morgan fingerprint density at radius 3 is 2.36 bits per heavy atom. The second-order valence-electron chi connectivity index (χ2n) is 2.65. The Morgan fingerprint density at radius 2 is 1.91 bits per heavy atom. The summed E-state index contributed by atoms with van der Waals surface area (Å²) in [6.45, 7) is 7.34. The van der Waals surface area contributed by atoms with E-state index >= 15 is 0 Å². The number of halogens is 1. The largest absolute Gasteiger partial charge is 0.207 e. The molecule has 0 saturated heterocycles. The SMILES string of the molecule is [CH]=C(C)Cc1ccc(F)cc1. The lowest BCUT2D eigenvalue weighted by atomic mass is 10.1. The zero-order valence-corrected chi connectivity index (χ0v) is 6.47. The fourth-order valence-electron chi connectivity index (χ4n) is 0.924. The minimum Gasteiger partial charge on any atom is -0.207 e. The van der Waals surface area contributed by atoms with Crippen molar-refractivity contribution in [2.45, 2.75) is 13.3 Å². The molecule has 1 aromatic carbocycles. The Kier molecular flexibility index (Phi) is 2.42. The fourth-order valence-corrected chi connectivity index (χ4v) is 0.924. The summed E-state index contributed by atoms with van der Waals surface area (Å²) < 4.78 is 12.4. The highest BCUT2D eigenvalue weighted by molar-refractivity contribution is 5.20. The van der Waals surface area contributed by atoms with E-state index in [1.807, 2.05) is 6.92 Å². The van der Waals surface area contributed by atoms with Crippen molar-refractivity contribution in [1.82, 2.24) is 0 Å². The van der Waals surface area contributed by atoms with E-state index in [9.17, 15) is 4.39 Å². The molecule has 0 nitrogen and oxygen atoms in total. The predicted octanol–water partition coefficient (Wildman–Crippen LogP) is 2.75. The van der Waals surface area contributed by atoms with Crippen molar-refractivity contribution < 1.29 is 4.39 Å². The van der Waals surface area contributed by atoms with Gasteiger partial charge in [-0.25, -0.2) is 4.39 Å². The van der Waals surface area contributed by atoms with Crippen LogP contribution in [0.15, 0.2) is 29.8 Å². The highest BCUT2D eigenvalue weighted by atomic mass is 19.1. The molecule has 0 saturated carbocycles. The molecular formula is C10H10F. The topological polar surface area (TPSA) is 0 Å². The number of allylic oxidation sites excluding steroid dienone is 1. The maximum absolute atomic E-state index is 12.4. The van der Waals surface area contributed by atoms with Crippen LogP contribution in [0, 0.1) is 12.4 Å². The molecule has 1 heteroatoms. The van der Waals surface area contributed by atoms with E-state index < -0.39 is 0 Å². The van der Waals surface area contributed by atoms with Gasteiger partial charge in [0.25, 0.3) is 0 Å². The van der Waals surface area contributed by atoms with Gasteiger partial charge in [0.1, 0.15) is 5.82 Å². The van der Waals surface area contributed by atoms with Crippen LogP contribution in [-0.4, -0.2) is 0 Å². The van der Waals surface area contributed by atoms with Crippen LogP contribution in [0.4, 0.5) is 4.39 Å². The van der Waals surface area contributed by atoms with E-state index in [1.54, 1.807) is 12.1 Å². The summed E-state index contributed by atoms with van der Waals surface area (Å²) in [5.74, 6) is -0.205. The minimum absolute atomic E-state index is 0.205. The van der Waals surface area contributed by atoms with Gasteiger partial charge in [-0.3, -0.25) is 0 Å². The normalized spacial score (nSPS) is 9.64. The second kappa shape index (κ2) is 3.33. The predicted molar refractivity (Wildman–Crippen MR) is 43.6 cm³/mol. The van der Waals surface area contributed by atoms with E-state index in [-0.39, 0.29) is 5.82 Å². The third kappa shape index (κ3) is 2.54. The van der Waals surface area contributed by atoms with Gasteiger partial charge >= 0.3 is 0 Å². The van der Waals surface area contributed by atoms with E-state index in [2.05, 4.69) is 0 Å². The lowest BCUT2D eigenvalue weighted by molar-refractivity contribution is 0.627. The van der Waals surface area contributed by atoms with Crippen LogP contribution in [0.25, 0.3) is 0 Å². The van der Waals surface area contributed by atoms with Crippen LogP contribution < -0.4 is 0 Å². The standard InChI is InChI=1S/C10H10F/c1-8(2)7-9-3-5-10(11)6-4-9/h1,3-6H,7H2,2H3. The van der Waals surface area contributed by atoms with Crippen LogP contribution in [0.3, 0.4) is 0 Å². The summed E-state index contributed by atoms with van der Waals surface area (Å²) in [5, 5.41) is 0. The summed E-state index contributed by atoms with van der Waals surface area (Å²) >= 11 is 0. The molecule has 0 N–H and O–H groups in total. The first-order chi connectivity index (χ1) is 5.18. The molecule has 1 aromatic rings. The zero-order chi connectivity index (χ0) is 8.27. The van der Waals surface area contributed by atoms with E-state index in [1.165, 1.54) is 12.1 Å². The molecule has 0 bridgehead atoms. The van der Waals surface area contributed by atoms with Gasteiger partial charge in [-0.2, -0.15) is 0 Å². The van der Waals surface area contributed by atoms with Gasteiger partial charge in [0.2, 0.25) is 0 Å². The molecule has 0 aliphatic rings. The Balaban J connectivity index is 2.74. The van der Waals surface area contributed by atoms with E-state index in [4.69, 9.17) is 6.58 Å². The van der Waals surface area contributed by atoms with E-state index in [0.717, 1.165) is 17.6 Å². The molecule has 11 heavy (non-hydrogen) atoms. The number of hydrogen-bond acceptors (Lipinski definition) is 0. The molecule has 1 rings (SSSR count). The summed E-state index contributed by atoms with van der Waals surface area (Å²) in [5.41, 5.74) is 1.89. The van der Waals surface area contributed by atoms with Gasteiger partial charge in [0.05, 0.1) is 0 Å². The van der Waals surface area contributed by atoms with Crippen molar-refractivity contribution in [1.29, 1.82) is 0 Å². The van der Waals surface area contributed by atoms with Crippen LogP contribution in [0.1, 0.15) is 12.5 Å². The van der Waals surface area contributed by atoms with Crippen LogP contribution in [0.2, 0.25) is 0 Å². The van der Waals surface area contributed by atoms with Crippen molar-refractivity contribution >= 4 is 0 Å². The second-order valence-corrected chi connectivity index (χ2v) is 2.65. The lowest BCUT2D eigenvalue weighted by Gasteiger charge is -1.98. The van der Waals surface area contributed by atoms with Gasteiger partial charge in [0, 0.05) is 0 Å². The number of benzene rings is 1. The lowest BCUT2D eigenvalue weighted by Crippen LogP contribution is -1.85. The maximum atomic E-state index is 12.4. The van der Waals surface area contributed by atoms with Crippen LogP contribution in [-0.2, 0) is 6.42 Å². The Labute approximate surface area is 66.4 Å². The highest BCUT2D eigenvalue weighted by Crippen LogP contribution is 2.06. The highest BCUT2D eigenvalue weighted by Gasteiger charge is 1.92. The quantitative estimate of drug-likeness (QED) is 0.606. The van der Waals surface area contributed by atoms with Gasteiger partial charge in [-0.15, -0.1) is 0 Å². The van der Waals surface area contributed by atoms with Crippen molar-refractivity contribution in [2.75, 3.05) is 0 Å². The molecule has 0 aliphatic carbocycles. The van der Waals surface area contributed by atoms with E-state index in [0.29, 0.717) is 0 Å². The molecule has 1 radical (unpaired) electrons. The fraction of sp³-hybridized carbons (Fsp3) is 0.200. The Morgan fingerprint density at radius 1 is 1.36 bits per heavy atom. The Bertz CT molecular complexity index is 246. The first kappa shape index (κ1) is 7.99. The van der Waals surface area contributed by atoms with Crippen molar-refractivity contribution in [3.63, 3.8) is 0 Å². The average molecular weight is 149 g/mol. The van der Waals surface area contributed by atoms with Crippen LogP contribution >= 0.6 is 0 Å². The summed E-state index contributed by atoms with van der Waals surface area (Å²) in [6, 6.07) is 6.37. The molecule has 0 aliphatic heterocycles. The molecule has 0 amide bonds. The average Bonchev–Trinajstić information content (AvgIpc) is 1.93. The van der Waals surface area contributed by atoms with Gasteiger partial charge in [-0.1, -0.05) is 24.3 Å². The Hall–Kier alpha value is -1.11. The molecule has 57 valence electrons. The summed E-state index contributed by atoms with van der Waals surface area (Å²) in [6.07, 6.45) is 0.722. The van der Waals surface area contributed by atoms with Gasteiger partial charge in [-0.05, 0) is 31.0 Å². The molecule has 0 fully saturated rings. The van der Waals surface area contributed by atoms with Gasteiger partial charge < -0.3 is 0 Å². The molecule has 0 spiro atoms. The smallest absolute Gasteiger partial charge is 0.123 e. The minimum atomic E-state index is -0.205. The third-order valence-corrected chi connectivity index (χ3v) is 1.40. The van der Waals surface area contributed by atoms with Crippen molar-refractivity contribution in [3.05, 3.63) is 47.8 Å². The summed E-state index contributed by atoms with van der Waals surface area (Å²) in [4.78, 5) is 0.